The number of fused-ring (bicyclic) bond motifs is 2. The van der Waals surface area contributed by atoms with Gasteiger partial charge in [0.2, 0.25) is 12.8 Å². The lowest BCUT2D eigenvalue weighted by atomic mass is 9.65. The van der Waals surface area contributed by atoms with E-state index in [2.05, 4.69) is 57.2 Å². The minimum atomic E-state index is -0.473. The van der Waals surface area contributed by atoms with E-state index in [1.165, 1.54) is 22.3 Å². The van der Waals surface area contributed by atoms with E-state index in [0.717, 1.165) is 42.5 Å². The summed E-state index contributed by atoms with van der Waals surface area (Å²) >= 11 is 0. The third kappa shape index (κ3) is 4.08. The first-order valence-electron chi connectivity index (χ1n) is 11.0. The predicted octanol–water partition coefficient (Wildman–Crippen LogP) is 2.13. The SMILES string of the molecule is C[C@H](N)CC1(C2=NN=CC2)c2ccc(CNC=O)cc2CCc2cc(CNC=O)ccc21. The van der Waals surface area contributed by atoms with Crippen LogP contribution >= 0.6 is 0 Å². The van der Waals surface area contributed by atoms with Gasteiger partial charge >= 0.3 is 0 Å². The number of hydrogen-bond acceptors (Lipinski definition) is 5. The van der Waals surface area contributed by atoms with E-state index in [4.69, 9.17) is 5.73 Å². The van der Waals surface area contributed by atoms with Gasteiger partial charge in [-0.3, -0.25) is 9.59 Å². The van der Waals surface area contributed by atoms with Gasteiger partial charge in [0.15, 0.2) is 0 Å². The molecule has 0 radical (unpaired) electrons. The zero-order valence-electron chi connectivity index (χ0n) is 18.3. The minimum Gasteiger partial charge on any atom is -0.355 e. The van der Waals surface area contributed by atoms with Gasteiger partial charge in [-0.25, -0.2) is 0 Å². The highest BCUT2D eigenvalue weighted by Crippen LogP contribution is 2.46. The maximum absolute atomic E-state index is 10.8. The largest absolute Gasteiger partial charge is 0.355 e. The number of benzene rings is 2. The molecule has 7 heteroatoms. The molecular weight excluding hydrogens is 402 g/mol. The average Bonchev–Trinajstić information content (AvgIpc) is 3.30. The van der Waals surface area contributed by atoms with Crippen LogP contribution in [0, 0.1) is 0 Å². The molecule has 1 aliphatic carbocycles. The normalized spacial score (nSPS) is 16.9. The Morgan fingerprint density at radius 3 is 2.00 bits per heavy atom. The van der Waals surface area contributed by atoms with Gasteiger partial charge in [-0.15, -0.1) is 0 Å². The lowest BCUT2D eigenvalue weighted by Crippen LogP contribution is -2.42. The van der Waals surface area contributed by atoms with Crippen molar-refractivity contribution in [1.29, 1.82) is 0 Å². The Hall–Kier alpha value is -3.32. The van der Waals surface area contributed by atoms with E-state index < -0.39 is 5.41 Å². The second-order valence-electron chi connectivity index (χ2n) is 8.62. The number of rotatable bonds is 9. The summed E-state index contributed by atoms with van der Waals surface area (Å²) in [5, 5.41) is 14.3. The van der Waals surface area contributed by atoms with Crippen molar-refractivity contribution in [3.63, 3.8) is 0 Å². The molecule has 166 valence electrons. The number of amides is 2. The Morgan fingerprint density at radius 2 is 1.56 bits per heavy atom. The number of hydrogen-bond donors (Lipinski definition) is 3. The molecule has 7 nitrogen and oxygen atoms in total. The van der Waals surface area contributed by atoms with Crippen LogP contribution in [0.1, 0.15) is 53.1 Å². The topological polar surface area (TPSA) is 109 Å². The molecule has 0 fully saturated rings. The maximum atomic E-state index is 10.8. The molecule has 2 aromatic rings. The molecule has 0 saturated carbocycles. The summed E-state index contributed by atoms with van der Waals surface area (Å²) in [4.78, 5) is 21.6. The molecule has 0 aromatic heterocycles. The first-order valence-corrected chi connectivity index (χ1v) is 11.0. The van der Waals surface area contributed by atoms with Crippen LogP contribution in [-0.2, 0) is 40.9 Å². The van der Waals surface area contributed by atoms with Crippen LogP contribution in [0.4, 0.5) is 0 Å². The Balaban J connectivity index is 1.91. The molecule has 2 aliphatic rings. The number of aryl methyl sites for hydroxylation is 2. The molecular formula is C25H29N5O2. The maximum Gasteiger partial charge on any atom is 0.207 e. The van der Waals surface area contributed by atoms with Gasteiger partial charge in [0.25, 0.3) is 0 Å². The molecule has 32 heavy (non-hydrogen) atoms. The lowest BCUT2D eigenvalue weighted by molar-refractivity contribution is -0.110. The quantitative estimate of drug-likeness (QED) is 0.529. The van der Waals surface area contributed by atoms with Gasteiger partial charge < -0.3 is 16.4 Å². The average molecular weight is 432 g/mol. The second-order valence-corrected chi connectivity index (χ2v) is 8.62. The van der Waals surface area contributed by atoms with Gasteiger partial charge in [0, 0.05) is 31.8 Å². The van der Waals surface area contributed by atoms with Crippen LogP contribution in [-0.4, -0.2) is 30.8 Å². The van der Waals surface area contributed by atoms with E-state index in [-0.39, 0.29) is 6.04 Å². The van der Waals surface area contributed by atoms with Gasteiger partial charge in [-0.1, -0.05) is 36.4 Å². The molecule has 4 N–H and O–H groups in total. The summed E-state index contributed by atoms with van der Waals surface area (Å²) in [5.74, 6) is 0. The van der Waals surface area contributed by atoms with E-state index in [0.29, 0.717) is 25.9 Å². The number of carbonyl (C=O) groups excluding carboxylic acids is 2. The fourth-order valence-electron chi connectivity index (χ4n) is 5.16. The van der Waals surface area contributed by atoms with Gasteiger partial charge in [-0.2, -0.15) is 10.2 Å². The summed E-state index contributed by atoms with van der Waals surface area (Å²) < 4.78 is 0. The van der Waals surface area contributed by atoms with Crippen molar-refractivity contribution in [3.05, 3.63) is 69.8 Å². The number of nitrogens with one attached hydrogen (secondary N) is 2. The molecule has 1 heterocycles. The second kappa shape index (κ2) is 9.44. The zero-order valence-corrected chi connectivity index (χ0v) is 18.3. The van der Waals surface area contributed by atoms with Crippen LogP contribution in [0.2, 0.25) is 0 Å². The summed E-state index contributed by atoms with van der Waals surface area (Å²) in [6.45, 7) is 3.03. The summed E-state index contributed by atoms with van der Waals surface area (Å²) in [6.07, 6.45) is 6.45. The summed E-state index contributed by atoms with van der Waals surface area (Å²) in [6, 6.07) is 12.8. The van der Waals surface area contributed by atoms with Gasteiger partial charge in [0.1, 0.15) is 0 Å². The number of nitrogens with zero attached hydrogens (tertiary/aromatic N) is 2. The van der Waals surface area contributed by atoms with Crippen molar-refractivity contribution >= 4 is 24.7 Å². The third-order valence-electron chi connectivity index (χ3n) is 6.37. The van der Waals surface area contributed by atoms with Crippen LogP contribution < -0.4 is 16.4 Å². The Labute approximate surface area is 188 Å². The molecule has 1 aliphatic heterocycles. The predicted molar refractivity (Wildman–Crippen MR) is 126 cm³/mol. The molecule has 0 saturated heterocycles. The number of nitrogens with two attached hydrogens (primary N) is 1. The van der Waals surface area contributed by atoms with Crippen molar-refractivity contribution in [3.8, 4) is 0 Å². The number of carbonyl (C=O) groups is 2. The van der Waals surface area contributed by atoms with Crippen LogP contribution in [0.15, 0.2) is 46.6 Å². The highest BCUT2D eigenvalue weighted by atomic mass is 16.1. The highest BCUT2D eigenvalue weighted by Gasteiger charge is 2.44. The Kier molecular flexibility index (Phi) is 6.46. The standard InChI is InChI=1S/C25H29N5O2/c1-17(26)12-25(24-8-9-29-30-24)22-6-2-18(13-27-15-31)10-20(22)4-5-21-11-19(14-28-16-32)3-7-23(21)25/h2-3,6-7,9-11,15-17H,4-5,8,12-14,26H2,1H3,(H,27,31)(H,28,32)/t17-/m0/s1. The van der Waals surface area contributed by atoms with Crippen molar-refractivity contribution in [2.75, 3.05) is 0 Å². The molecule has 0 spiro atoms. The first kappa shape index (κ1) is 21.9. The third-order valence-corrected chi connectivity index (χ3v) is 6.37. The van der Waals surface area contributed by atoms with Crippen molar-refractivity contribution in [2.24, 2.45) is 15.9 Å². The minimum absolute atomic E-state index is 0.0510. The van der Waals surface area contributed by atoms with Crippen LogP contribution in [0.3, 0.4) is 0 Å². The summed E-state index contributed by atoms with van der Waals surface area (Å²) in [7, 11) is 0. The fraction of sp³-hybridized carbons (Fsp3) is 0.360. The fourth-order valence-corrected chi connectivity index (χ4v) is 5.16. The lowest BCUT2D eigenvalue weighted by Gasteiger charge is -2.38. The van der Waals surface area contributed by atoms with E-state index >= 15 is 0 Å². The molecule has 0 bridgehead atoms. The van der Waals surface area contributed by atoms with Crippen LogP contribution in [0.25, 0.3) is 0 Å². The highest BCUT2D eigenvalue weighted by molar-refractivity contribution is 6.07. The molecule has 1 atom stereocenters. The van der Waals surface area contributed by atoms with E-state index in [1.807, 2.05) is 13.1 Å². The summed E-state index contributed by atoms with van der Waals surface area (Å²) in [5.41, 5.74) is 14.0. The van der Waals surface area contributed by atoms with E-state index in [9.17, 15) is 9.59 Å². The van der Waals surface area contributed by atoms with Crippen LogP contribution in [0.5, 0.6) is 0 Å². The van der Waals surface area contributed by atoms with Crippen molar-refractivity contribution in [1.82, 2.24) is 10.6 Å². The monoisotopic (exact) mass is 431 g/mol. The molecule has 4 rings (SSSR count). The van der Waals surface area contributed by atoms with Gasteiger partial charge in [-0.05, 0) is 59.6 Å². The molecule has 2 amide bonds. The van der Waals surface area contributed by atoms with Crippen molar-refractivity contribution < 1.29 is 9.59 Å². The van der Waals surface area contributed by atoms with Crippen molar-refractivity contribution in [2.45, 2.75) is 57.2 Å². The molecule has 2 aromatic carbocycles. The first-order chi connectivity index (χ1) is 15.6. The zero-order chi connectivity index (χ0) is 22.6. The van der Waals surface area contributed by atoms with Gasteiger partial charge in [0.05, 0.1) is 11.1 Å². The van der Waals surface area contributed by atoms with E-state index in [1.54, 1.807) is 0 Å². The smallest absolute Gasteiger partial charge is 0.207 e. The Bertz CT molecular complexity index is 1010. The molecule has 0 unspecified atom stereocenters. The Morgan fingerprint density at radius 1 is 1.00 bits per heavy atom.